The van der Waals surface area contributed by atoms with Crippen LogP contribution in [0.4, 0.5) is 13.2 Å². The number of ether oxygens (including phenoxy) is 1. The lowest BCUT2D eigenvalue weighted by atomic mass is 10.1. The lowest BCUT2D eigenvalue weighted by Gasteiger charge is -2.17. The highest BCUT2D eigenvalue weighted by Gasteiger charge is 2.33. The van der Waals surface area contributed by atoms with E-state index in [4.69, 9.17) is 0 Å². The van der Waals surface area contributed by atoms with Crippen molar-refractivity contribution in [3.05, 3.63) is 34.3 Å². The van der Waals surface area contributed by atoms with Gasteiger partial charge in [0, 0.05) is 9.80 Å². The van der Waals surface area contributed by atoms with Crippen molar-refractivity contribution in [3.63, 3.8) is 0 Å². The van der Waals surface area contributed by atoms with E-state index in [1.165, 1.54) is 0 Å². The molecule has 84 valence electrons. The fraction of sp³-hybridized carbons (Fsp3) is 0.333. The second-order valence-corrected chi connectivity index (χ2v) is 4.32. The summed E-state index contributed by atoms with van der Waals surface area (Å²) in [4.78, 5) is 0. The van der Waals surface area contributed by atoms with Gasteiger partial charge in [-0.25, -0.2) is 0 Å². The van der Waals surface area contributed by atoms with Gasteiger partial charge in [0.05, 0.1) is 0 Å². The molecular weight excluding hydrogens is 341 g/mol. The molecule has 1 aromatic rings. The Morgan fingerprint density at radius 2 is 1.73 bits per heavy atom. The van der Waals surface area contributed by atoms with Crippen LogP contribution >= 0.6 is 31.9 Å². The van der Waals surface area contributed by atoms with Crippen LogP contribution in [0.25, 0.3) is 0 Å². The molecule has 1 rings (SSSR count). The minimum Gasteiger partial charge on any atom is -0.283 e. The Morgan fingerprint density at radius 1 is 1.20 bits per heavy atom. The van der Waals surface area contributed by atoms with E-state index in [9.17, 15) is 13.2 Å². The Kier molecular flexibility index (Phi) is 4.61. The summed E-state index contributed by atoms with van der Waals surface area (Å²) < 4.78 is 40.8. The predicted octanol–water partition coefficient (Wildman–Crippen LogP) is 4.42. The van der Waals surface area contributed by atoms with Gasteiger partial charge in [0.2, 0.25) is 0 Å². The molecule has 0 saturated heterocycles. The van der Waals surface area contributed by atoms with Gasteiger partial charge in [-0.2, -0.15) is 0 Å². The lowest BCUT2D eigenvalue weighted by molar-refractivity contribution is -0.341. The second-order valence-electron chi connectivity index (χ2n) is 2.76. The van der Waals surface area contributed by atoms with E-state index in [-0.39, 0.29) is 5.33 Å². The van der Waals surface area contributed by atoms with Crippen molar-refractivity contribution in [2.75, 3.05) is 5.33 Å². The van der Waals surface area contributed by atoms with Crippen LogP contribution in [0, 0.1) is 0 Å². The van der Waals surface area contributed by atoms with Crippen LogP contribution in [0.2, 0.25) is 0 Å². The third kappa shape index (κ3) is 4.53. The summed E-state index contributed by atoms with van der Waals surface area (Å²) in [7, 11) is 0. The molecule has 0 fully saturated rings. The first-order chi connectivity index (χ1) is 6.92. The Morgan fingerprint density at radius 3 is 2.13 bits per heavy atom. The summed E-state index contributed by atoms with van der Waals surface area (Å²) >= 11 is 6.19. The summed E-state index contributed by atoms with van der Waals surface area (Å²) in [5.74, 6) is 0. The van der Waals surface area contributed by atoms with E-state index in [2.05, 4.69) is 36.6 Å². The zero-order chi connectivity index (χ0) is 11.5. The number of hydrogen-bond donors (Lipinski definition) is 0. The highest BCUT2D eigenvalue weighted by atomic mass is 79.9. The molecule has 0 aromatic heterocycles. The SMILES string of the molecule is FC(F)(F)OC(CBr)c1ccc(Br)cc1. The molecule has 0 N–H and O–H groups in total. The van der Waals surface area contributed by atoms with E-state index in [1.807, 2.05) is 0 Å². The van der Waals surface area contributed by atoms with Crippen LogP contribution in [-0.4, -0.2) is 11.7 Å². The molecule has 0 aliphatic rings. The maximum Gasteiger partial charge on any atom is 0.523 e. The number of rotatable bonds is 3. The van der Waals surface area contributed by atoms with Crippen molar-refractivity contribution < 1.29 is 17.9 Å². The number of halogens is 5. The highest BCUT2D eigenvalue weighted by Crippen LogP contribution is 2.29. The standard InChI is InChI=1S/C9H7Br2F3O/c10-5-8(15-9(12,13)14)6-1-3-7(11)4-2-6/h1-4,8H,5H2. The Hall–Kier alpha value is -0.0700. The third-order valence-corrected chi connectivity index (χ3v) is 2.77. The van der Waals surface area contributed by atoms with E-state index in [1.54, 1.807) is 24.3 Å². The van der Waals surface area contributed by atoms with Crippen LogP contribution in [0.1, 0.15) is 11.7 Å². The molecular formula is C9H7Br2F3O. The van der Waals surface area contributed by atoms with E-state index in [0.717, 1.165) is 4.47 Å². The molecule has 0 heterocycles. The van der Waals surface area contributed by atoms with Gasteiger partial charge < -0.3 is 0 Å². The largest absolute Gasteiger partial charge is 0.523 e. The maximum atomic E-state index is 12.0. The first-order valence-electron chi connectivity index (χ1n) is 3.98. The molecule has 0 saturated carbocycles. The van der Waals surface area contributed by atoms with Crippen molar-refractivity contribution in [1.29, 1.82) is 0 Å². The number of benzene rings is 1. The fourth-order valence-corrected chi connectivity index (χ4v) is 1.80. The van der Waals surface area contributed by atoms with Gasteiger partial charge >= 0.3 is 6.36 Å². The van der Waals surface area contributed by atoms with Gasteiger partial charge in [0.15, 0.2) is 0 Å². The van der Waals surface area contributed by atoms with E-state index in [0.29, 0.717) is 5.56 Å². The first kappa shape index (κ1) is 13.0. The average Bonchev–Trinajstić information content (AvgIpc) is 2.14. The monoisotopic (exact) mass is 346 g/mol. The van der Waals surface area contributed by atoms with Crippen molar-refractivity contribution >= 4 is 31.9 Å². The molecule has 15 heavy (non-hydrogen) atoms. The summed E-state index contributed by atoms with van der Waals surface area (Å²) in [5, 5.41) is 0.0914. The van der Waals surface area contributed by atoms with Crippen molar-refractivity contribution in [2.45, 2.75) is 12.5 Å². The molecule has 1 nitrogen and oxygen atoms in total. The lowest BCUT2D eigenvalue weighted by Crippen LogP contribution is -2.19. The van der Waals surface area contributed by atoms with Crippen LogP contribution in [0.5, 0.6) is 0 Å². The van der Waals surface area contributed by atoms with E-state index < -0.39 is 12.5 Å². The molecule has 0 aliphatic heterocycles. The Bertz CT molecular complexity index is 310. The molecule has 0 bridgehead atoms. The van der Waals surface area contributed by atoms with Crippen LogP contribution < -0.4 is 0 Å². The second kappa shape index (κ2) is 5.32. The molecule has 0 radical (unpaired) electrons. The van der Waals surface area contributed by atoms with Gasteiger partial charge in [0.1, 0.15) is 6.10 Å². The normalized spacial score (nSPS) is 13.9. The van der Waals surface area contributed by atoms with Crippen molar-refractivity contribution in [2.24, 2.45) is 0 Å². The molecule has 0 aliphatic carbocycles. The summed E-state index contributed by atoms with van der Waals surface area (Å²) in [6.07, 6.45) is -5.64. The van der Waals surface area contributed by atoms with Gasteiger partial charge in [0.25, 0.3) is 0 Å². The molecule has 1 unspecified atom stereocenters. The topological polar surface area (TPSA) is 9.23 Å². The Labute approximate surface area is 102 Å². The van der Waals surface area contributed by atoms with Gasteiger partial charge in [-0.15, -0.1) is 13.2 Å². The quantitative estimate of drug-likeness (QED) is 0.735. The zero-order valence-corrected chi connectivity index (χ0v) is 10.6. The third-order valence-electron chi connectivity index (χ3n) is 1.66. The van der Waals surface area contributed by atoms with Crippen LogP contribution in [-0.2, 0) is 4.74 Å². The highest BCUT2D eigenvalue weighted by molar-refractivity contribution is 9.10. The molecule has 0 spiro atoms. The number of alkyl halides is 4. The number of hydrogen-bond acceptors (Lipinski definition) is 1. The average molecular weight is 348 g/mol. The van der Waals surface area contributed by atoms with Gasteiger partial charge in [-0.3, -0.25) is 4.74 Å². The summed E-state index contributed by atoms with van der Waals surface area (Å²) in [6.45, 7) is 0. The fourth-order valence-electron chi connectivity index (χ4n) is 1.03. The maximum absolute atomic E-state index is 12.0. The Balaban J connectivity index is 2.79. The van der Waals surface area contributed by atoms with Crippen LogP contribution in [0.3, 0.4) is 0 Å². The van der Waals surface area contributed by atoms with Gasteiger partial charge in [-0.05, 0) is 17.7 Å². The first-order valence-corrected chi connectivity index (χ1v) is 5.90. The summed E-state index contributed by atoms with van der Waals surface area (Å²) in [5.41, 5.74) is 0.479. The van der Waals surface area contributed by atoms with Gasteiger partial charge in [-0.1, -0.05) is 44.0 Å². The smallest absolute Gasteiger partial charge is 0.283 e. The minimum atomic E-state index is -4.62. The molecule has 0 amide bonds. The summed E-state index contributed by atoms with van der Waals surface area (Å²) in [6, 6.07) is 6.51. The minimum absolute atomic E-state index is 0.0914. The zero-order valence-electron chi connectivity index (χ0n) is 7.39. The molecule has 6 heteroatoms. The van der Waals surface area contributed by atoms with Crippen molar-refractivity contribution in [3.8, 4) is 0 Å². The van der Waals surface area contributed by atoms with Crippen LogP contribution in [0.15, 0.2) is 28.7 Å². The molecule has 1 atom stereocenters. The van der Waals surface area contributed by atoms with Crippen molar-refractivity contribution in [1.82, 2.24) is 0 Å². The van der Waals surface area contributed by atoms with E-state index >= 15 is 0 Å². The molecule has 1 aromatic carbocycles. The predicted molar refractivity (Wildman–Crippen MR) is 57.8 cm³/mol.